The third kappa shape index (κ3) is 7.07. The maximum absolute atomic E-state index is 13.3. The molecule has 0 saturated carbocycles. The summed E-state index contributed by atoms with van der Waals surface area (Å²) < 4.78 is 39.2. The summed E-state index contributed by atoms with van der Waals surface area (Å²) >= 11 is 0. The predicted molar refractivity (Wildman–Crippen MR) is 171 cm³/mol. The lowest BCUT2D eigenvalue weighted by Gasteiger charge is -2.46. The van der Waals surface area contributed by atoms with E-state index in [0.29, 0.717) is 28.3 Å². The molecule has 2 saturated heterocycles. The van der Waals surface area contributed by atoms with Crippen molar-refractivity contribution in [2.45, 2.75) is 56.2 Å². The van der Waals surface area contributed by atoms with Crippen molar-refractivity contribution >= 4 is 10.0 Å². The van der Waals surface area contributed by atoms with Gasteiger partial charge in [-0.25, -0.2) is 13.4 Å². The zero-order valence-corrected chi connectivity index (χ0v) is 27.4. The number of nitrogens with zero attached hydrogens (tertiary/aromatic N) is 5. The number of aromatic nitrogens is 2. The van der Waals surface area contributed by atoms with Gasteiger partial charge in [-0.3, -0.25) is 4.90 Å². The quantitative estimate of drug-likeness (QED) is 0.287. The molecule has 0 amide bonds. The molecule has 0 radical (unpaired) electrons. The zero-order valence-electron chi connectivity index (χ0n) is 26.6. The number of aryl methyl sites for hydroxylation is 2. The maximum Gasteiger partial charge on any atom is 0.316 e. The van der Waals surface area contributed by atoms with E-state index < -0.39 is 10.0 Å². The number of benzene rings is 2. The Balaban J connectivity index is 1.03. The molecule has 3 heterocycles. The molecule has 5 rings (SSSR count). The number of methoxy groups -OCH3 is 1. The standard InChI is InChI=1S/C33H46N6O4S/c1-25-20-29(42-5)21-26(2)31(25)44(40,41)39-23-30(24-39)43-32-35-16-12-28(36-32)22-34-15-9-17-38-18-13-33(14-19-38,37(3)4)27-10-7-6-8-11-27/h6-8,10-12,16,20-21,30,34H,9,13-15,17-19,22-24H2,1-5H3. The van der Waals surface area contributed by atoms with Crippen LogP contribution in [-0.4, -0.2) is 99.1 Å². The summed E-state index contributed by atoms with van der Waals surface area (Å²) in [5, 5.41) is 3.50. The first kappa shape index (κ1) is 32.3. The predicted octanol–water partition coefficient (Wildman–Crippen LogP) is 3.59. The summed E-state index contributed by atoms with van der Waals surface area (Å²) in [6, 6.07) is 16.6. The molecule has 0 atom stereocenters. The SMILES string of the molecule is COc1cc(C)c(S(=O)(=O)N2CC(Oc3nccc(CNCCCN4CCC(c5ccccc5)(N(C)C)CC4)n3)C2)c(C)c1. The molecular weight excluding hydrogens is 576 g/mol. The van der Waals surface area contributed by atoms with E-state index in [1.165, 1.54) is 9.87 Å². The highest BCUT2D eigenvalue weighted by Crippen LogP contribution is 2.37. The Bertz CT molecular complexity index is 1480. The van der Waals surface area contributed by atoms with E-state index in [-0.39, 0.29) is 30.7 Å². The highest BCUT2D eigenvalue weighted by molar-refractivity contribution is 7.89. The second-order valence-corrected chi connectivity index (χ2v) is 14.0. The smallest absolute Gasteiger partial charge is 0.316 e. The summed E-state index contributed by atoms with van der Waals surface area (Å²) in [7, 11) is 2.35. The molecule has 238 valence electrons. The van der Waals surface area contributed by atoms with E-state index in [1.807, 2.05) is 6.07 Å². The molecule has 2 aliphatic heterocycles. The van der Waals surface area contributed by atoms with Gasteiger partial charge < -0.3 is 19.7 Å². The third-order valence-electron chi connectivity index (χ3n) is 9.03. The Morgan fingerprint density at radius 2 is 1.73 bits per heavy atom. The number of hydrogen-bond donors (Lipinski definition) is 1. The van der Waals surface area contributed by atoms with Gasteiger partial charge in [-0.1, -0.05) is 30.3 Å². The van der Waals surface area contributed by atoms with Gasteiger partial charge in [0.15, 0.2) is 0 Å². The maximum atomic E-state index is 13.3. The molecule has 2 aliphatic rings. The Morgan fingerprint density at radius 1 is 1.05 bits per heavy atom. The second-order valence-electron chi connectivity index (χ2n) is 12.1. The van der Waals surface area contributed by atoms with Crippen molar-refractivity contribution in [3.8, 4) is 11.8 Å². The normalized spacial score (nSPS) is 17.9. The van der Waals surface area contributed by atoms with Crippen LogP contribution in [0.5, 0.6) is 11.8 Å². The van der Waals surface area contributed by atoms with Gasteiger partial charge in [0.2, 0.25) is 10.0 Å². The van der Waals surface area contributed by atoms with E-state index in [4.69, 9.17) is 9.47 Å². The van der Waals surface area contributed by atoms with Crippen LogP contribution in [0.4, 0.5) is 0 Å². The molecule has 44 heavy (non-hydrogen) atoms. The van der Waals surface area contributed by atoms with E-state index in [2.05, 4.69) is 69.5 Å². The fourth-order valence-electron chi connectivity index (χ4n) is 6.45. The first-order chi connectivity index (χ1) is 21.1. The number of nitrogens with one attached hydrogen (secondary N) is 1. The average molecular weight is 623 g/mol. The van der Waals surface area contributed by atoms with Gasteiger partial charge in [-0.15, -0.1) is 0 Å². The minimum Gasteiger partial charge on any atom is -0.497 e. The van der Waals surface area contributed by atoms with Gasteiger partial charge in [0, 0.05) is 31.4 Å². The highest BCUT2D eigenvalue weighted by atomic mass is 32.2. The summed E-state index contributed by atoms with van der Waals surface area (Å²) in [6.07, 6.45) is 4.73. The Morgan fingerprint density at radius 3 is 2.36 bits per heavy atom. The average Bonchev–Trinajstić information content (AvgIpc) is 2.99. The fraction of sp³-hybridized carbons (Fsp3) is 0.515. The van der Waals surface area contributed by atoms with Crippen molar-refractivity contribution in [3.63, 3.8) is 0 Å². The molecule has 0 aliphatic carbocycles. The minimum absolute atomic E-state index is 0.115. The van der Waals surface area contributed by atoms with Gasteiger partial charge >= 0.3 is 6.01 Å². The molecule has 2 aromatic carbocycles. The molecule has 1 aromatic heterocycles. The highest BCUT2D eigenvalue weighted by Gasteiger charge is 2.40. The molecule has 10 nitrogen and oxygen atoms in total. The lowest BCUT2D eigenvalue weighted by molar-refractivity contribution is 0.0534. The second kappa shape index (κ2) is 13.9. The van der Waals surface area contributed by atoms with Crippen LogP contribution in [-0.2, 0) is 22.1 Å². The van der Waals surface area contributed by atoms with Crippen molar-refractivity contribution in [3.05, 3.63) is 77.1 Å². The van der Waals surface area contributed by atoms with Crippen molar-refractivity contribution in [2.24, 2.45) is 0 Å². The van der Waals surface area contributed by atoms with E-state index in [0.717, 1.165) is 51.1 Å². The van der Waals surface area contributed by atoms with Crippen LogP contribution in [0.1, 0.15) is 41.6 Å². The number of hydrogen-bond acceptors (Lipinski definition) is 9. The first-order valence-corrected chi connectivity index (χ1v) is 16.9. The monoisotopic (exact) mass is 622 g/mol. The molecular formula is C33H46N6O4S. The minimum atomic E-state index is -3.63. The van der Waals surface area contributed by atoms with Gasteiger partial charge in [0.25, 0.3) is 0 Å². The van der Waals surface area contributed by atoms with E-state index in [1.54, 1.807) is 39.3 Å². The van der Waals surface area contributed by atoms with E-state index >= 15 is 0 Å². The van der Waals surface area contributed by atoms with Gasteiger partial charge in [-0.05, 0) is 95.2 Å². The van der Waals surface area contributed by atoms with Crippen molar-refractivity contribution in [1.29, 1.82) is 0 Å². The lowest BCUT2D eigenvalue weighted by Crippen LogP contribution is -2.56. The molecule has 1 N–H and O–H groups in total. The Hall–Kier alpha value is -3.09. The zero-order chi connectivity index (χ0) is 31.3. The third-order valence-corrected chi connectivity index (χ3v) is 11.2. The Labute approximate surface area is 262 Å². The molecule has 3 aromatic rings. The summed E-state index contributed by atoms with van der Waals surface area (Å²) in [6.45, 7) is 8.88. The van der Waals surface area contributed by atoms with Crippen LogP contribution in [0.2, 0.25) is 0 Å². The molecule has 0 unspecified atom stereocenters. The van der Waals surface area contributed by atoms with Crippen LogP contribution in [0.15, 0.2) is 59.6 Å². The van der Waals surface area contributed by atoms with Gasteiger partial charge in [0.1, 0.15) is 11.9 Å². The fourth-order valence-corrected chi connectivity index (χ4v) is 8.36. The lowest BCUT2D eigenvalue weighted by atomic mass is 9.80. The van der Waals surface area contributed by atoms with Crippen LogP contribution in [0.3, 0.4) is 0 Å². The number of sulfonamides is 1. The Kier molecular flexibility index (Phi) is 10.2. The van der Waals surface area contributed by atoms with Crippen LogP contribution >= 0.6 is 0 Å². The van der Waals surface area contributed by atoms with Gasteiger partial charge in [-0.2, -0.15) is 9.29 Å². The molecule has 0 spiro atoms. The molecule has 0 bridgehead atoms. The van der Waals surface area contributed by atoms with Crippen molar-refractivity contribution in [1.82, 2.24) is 29.4 Å². The molecule has 11 heteroatoms. The van der Waals surface area contributed by atoms with Crippen LogP contribution < -0.4 is 14.8 Å². The molecule has 2 fully saturated rings. The van der Waals surface area contributed by atoms with Crippen LogP contribution in [0.25, 0.3) is 0 Å². The summed E-state index contributed by atoms with van der Waals surface area (Å²) in [5.41, 5.74) is 3.71. The summed E-state index contributed by atoms with van der Waals surface area (Å²) in [4.78, 5) is 14.1. The van der Waals surface area contributed by atoms with E-state index in [9.17, 15) is 8.42 Å². The summed E-state index contributed by atoms with van der Waals surface area (Å²) in [5.74, 6) is 0.646. The van der Waals surface area contributed by atoms with Gasteiger partial charge in [0.05, 0.1) is 30.8 Å². The van der Waals surface area contributed by atoms with Crippen molar-refractivity contribution < 1.29 is 17.9 Å². The number of piperidine rings is 1. The largest absolute Gasteiger partial charge is 0.497 e. The number of likely N-dealkylation sites (tertiary alicyclic amines) is 1. The number of ether oxygens (including phenoxy) is 2. The van der Waals surface area contributed by atoms with Crippen molar-refractivity contribution in [2.75, 3.05) is 60.5 Å². The first-order valence-electron chi connectivity index (χ1n) is 15.4. The van der Waals surface area contributed by atoms with Crippen LogP contribution in [0, 0.1) is 13.8 Å². The topological polar surface area (TPSA) is 100 Å². The number of rotatable bonds is 13.